The normalized spacial score (nSPS) is 16.9. The van der Waals surface area contributed by atoms with Crippen molar-refractivity contribution >= 4 is 23.3 Å². The lowest BCUT2D eigenvalue weighted by Crippen LogP contribution is -2.57. The highest BCUT2D eigenvalue weighted by atomic mass is 35.5. The zero-order valence-electron chi connectivity index (χ0n) is 12.2. The Labute approximate surface area is 124 Å². The van der Waals surface area contributed by atoms with Crippen molar-refractivity contribution in [1.82, 2.24) is 4.90 Å². The SMILES string of the molecule is CN(CC1(N(C)C)CCC1)c1c(Cl)cccc1C(=O)O. The molecule has 5 heteroatoms. The van der Waals surface area contributed by atoms with E-state index in [1.165, 1.54) is 6.42 Å². The molecule has 0 aromatic heterocycles. The molecule has 1 aromatic carbocycles. The van der Waals surface area contributed by atoms with Gasteiger partial charge in [-0.1, -0.05) is 17.7 Å². The number of rotatable bonds is 5. The van der Waals surface area contributed by atoms with Gasteiger partial charge in [-0.2, -0.15) is 0 Å². The molecular formula is C15H21ClN2O2. The maximum atomic E-state index is 11.4. The maximum Gasteiger partial charge on any atom is 0.337 e. The number of aromatic carboxylic acids is 1. The number of benzene rings is 1. The molecule has 1 aliphatic rings. The molecule has 0 aliphatic heterocycles. The van der Waals surface area contributed by atoms with Gasteiger partial charge in [-0.05, 0) is 45.5 Å². The van der Waals surface area contributed by atoms with Crippen molar-refractivity contribution in [1.29, 1.82) is 0 Å². The largest absolute Gasteiger partial charge is 0.478 e. The van der Waals surface area contributed by atoms with Crippen molar-refractivity contribution in [2.75, 3.05) is 32.6 Å². The standard InChI is InChI=1S/C15H21ClN2O2/c1-17(2)15(8-5-9-15)10-18(3)13-11(14(19)20)6-4-7-12(13)16/h4,6-7H,5,8-10H2,1-3H3,(H,19,20). The number of para-hydroxylation sites is 1. The van der Waals surface area contributed by atoms with Crippen LogP contribution >= 0.6 is 11.6 Å². The lowest BCUT2D eigenvalue weighted by molar-refractivity contribution is 0.0671. The van der Waals surface area contributed by atoms with Crippen LogP contribution in [0.15, 0.2) is 18.2 Å². The van der Waals surface area contributed by atoms with Gasteiger partial charge in [-0.25, -0.2) is 4.79 Å². The second kappa shape index (κ2) is 5.62. The van der Waals surface area contributed by atoms with Gasteiger partial charge in [-0.3, -0.25) is 0 Å². The summed E-state index contributed by atoms with van der Waals surface area (Å²) in [6.45, 7) is 0.782. The minimum Gasteiger partial charge on any atom is -0.478 e. The van der Waals surface area contributed by atoms with Crippen LogP contribution in [-0.4, -0.2) is 49.2 Å². The molecular weight excluding hydrogens is 276 g/mol. The summed E-state index contributed by atoms with van der Waals surface area (Å²) in [7, 11) is 6.08. The third kappa shape index (κ3) is 2.63. The first-order valence-electron chi connectivity index (χ1n) is 6.78. The molecule has 1 fully saturated rings. The number of halogens is 1. The number of likely N-dealkylation sites (N-methyl/N-ethyl adjacent to an activating group) is 2. The van der Waals surface area contributed by atoms with Crippen molar-refractivity contribution in [2.24, 2.45) is 0 Å². The van der Waals surface area contributed by atoms with Gasteiger partial charge in [0.1, 0.15) is 0 Å². The van der Waals surface area contributed by atoms with Crippen LogP contribution in [0.2, 0.25) is 5.02 Å². The van der Waals surface area contributed by atoms with Crippen molar-refractivity contribution < 1.29 is 9.90 Å². The van der Waals surface area contributed by atoms with E-state index in [9.17, 15) is 9.90 Å². The Balaban J connectivity index is 2.30. The van der Waals surface area contributed by atoms with Gasteiger partial charge in [0, 0.05) is 19.1 Å². The summed E-state index contributed by atoms with van der Waals surface area (Å²) < 4.78 is 0. The van der Waals surface area contributed by atoms with E-state index in [4.69, 9.17) is 11.6 Å². The molecule has 4 nitrogen and oxygen atoms in total. The Bertz CT molecular complexity index is 513. The van der Waals surface area contributed by atoms with E-state index in [-0.39, 0.29) is 11.1 Å². The maximum absolute atomic E-state index is 11.4. The van der Waals surface area contributed by atoms with Crippen molar-refractivity contribution in [3.05, 3.63) is 28.8 Å². The smallest absolute Gasteiger partial charge is 0.337 e. The number of nitrogens with zero attached hydrogens (tertiary/aromatic N) is 2. The molecule has 0 unspecified atom stereocenters. The number of carboxylic acid groups (broad SMARTS) is 1. The molecule has 20 heavy (non-hydrogen) atoms. The molecule has 0 radical (unpaired) electrons. The van der Waals surface area contributed by atoms with E-state index in [0.717, 1.165) is 19.4 Å². The lowest BCUT2D eigenvalue weighted by atomic mass is 9.75. The highest BCUT2D eigenvalue weighted by Gasteiger charge is 2.40. The molecule has 1 aliphatic carbocycles. The van der Waals surface area contributed by atoms with Gasteiger partial charge in [0.05, 0.1) is 16.3 Å². The second-order valence-electron chi connectivity index (χ2n) is 5.77. The highest BCUT2D eigenvalue weighted by molar-refractivity contribution is 6.34. The molecule has 1 aromatic rings. The van der Waals surface area contributed by atoms with E-state index >= 15 is 0 Å². The lowest BCUT2D eigenvalue weighted by Gasteiger charge is -2.49. The van der Waals surface area contributed by atoms with Crippen LogP contribution in [0.25, 0.3) is 0 Å². The zero-order valence-corrected chi connectivity index (χ0v) is 12.9. The predicted molar refractivity (Wildman–Crippen MR) is 82.0 cm³/mol. The van der Waals surface area contributed by atoms with Crippen LogP contribution in [0.4, 0.5) is 5.69 Å². The number of carboxylic acids is 1. The fourth-order valence-electron chi connectivity index (χ4n) is 2.93. The molecule has 0 saturated heterocycles. The van der Waals surface area contributed by atoms with Gasteiger partial charge in [0.2, 0.25) is 0 Å². The monoisotopic (exact) mass is 296 g/mol. The fourth-order valence-corrected chi connectivity index (χ4v) is 3.25. The van der Waals surface area contributed by atoms with Gasteiger partial charge in [-0.15, -0.1) is 0 Å². The quantitative estimate of drug-likeness (QED) is 0.907. The fraction of sp³-hybridized carbons (Fsp3) is 0.533. The average molecular weight is 297 g/mol. The van der Waals surface area contributed by atoms with Crippen LogP contribution < -0.4 is 4.90 Å². The predicted octanol–water partition coefficient (Wildman–Crippen LogP) is 2.96. The Morgan fingerprint density at radius 3 is 2.45 bits per heavy atom. The van der Waals surface area contributed by atoms with Crippen LogP contribution in [0.5, 0.6) is 0 Å². The summed E-state index contributed by atoms with van der Waals surface area (Å²) in [6.07, 6.45) is 3.49. The Morgan fingerprint density at radius 2 is 2.00 bits per heavy atom. The van der Waals surface area contributed by atoms with Crippen LogP contribution in [0.3, 0.4) is 0 Å². The van der Waals surface area contributed by atoms with Crippen molar-refractivity contribution in [2.45, 2.75) is 24.8 Å². The van der Waals surface area contributed by atoms with Gasteiger partial charge >= 0.3 is 5.97 Å². The average Bonchev–Trinajstić information content (AvgIpc) is 2.32. The number of carbonyl (C=O) groups is 1. The summed E-state index contributed by atoms with van der Waals surface area (Å²) in [5.41, 5.74) is 0.993. The Kier molecular flexibility index (Phi) is 4.25. The van der Waals surface area contributed by atoms with Crippen LogP contribution in [0.1, 0.15) is 29.6 Å². The van der Waals surface area contributed by atoms with E-state index in [1.807, 2.05) is 11.9 Å². The summed E-state index contributed by atoms with van der Waals surface area (Å²) in [6, 6.07) is 5.01. The molecule has 0 bridgehead atoms. The molecule has 0 spiro atoms. The summed E-state index contributed by atoms with van der Waals surface area (Å²) in [5.74, 6) is -0.943. The summed E-state index contributed by atoms with van der Waals surface area (Å²) in [4.78, 5) is 15.6. The first kappa shape index (κ1) is 15.1. The van der Waals surface area contributed by atoms with Gasteiger partial charge < -0.3 is 14.9 Å². The molecule has 110 valence electrons. The molecule has 1 saturated carbocycles. The zero-order chi connectivity index (χ0) is 14.9. The molecule has 2 rings (SSSR count). The third-order valence-corrected chi connectivity index (χ3v) is 4.67. The van der Waals surface area contributed by atoms with Gasteiger partial charge in [0.15, 0.2) is 0 Å². The summed E-state index contributed by atoms with van der Waals surface area (Å²) in [5, 5.41) is 9.81. The molecule has 1 N–H and O–H groups in total. The first-order valence-corrected chi connectivity index (χ1v) is 7.15. The van der Waals surface area contributed by atoms with Crippen LogP contribution in [0, 0.1) is 0 Å². The minimum atomic E-state index is -0.943. The second-order valence-corrected chi connectivity index (χ2v) is 6.18. The minimum absolute atomic E-state index is 0.129. The van der Waals surface area contributed by atoms with Crippen molar-refractivity contribution in [3.63, 3.8) is 0 Å². The molecule has 0 heterocycles. The van der Waals surface area contributed by atoms with E-state index in [2.05, 4.69) is 19.0 Å². The molecule has 0 amide bonds. The summed E-state index contributed by atoms with van der Waals surface area (Å²) >= 11 is 6.22. The number of hydrogen-bond donors (Lipinski definition) is 1. The van der Waals surface area contributed by atoms with E-state index in [1.54, 1.807) is 18.2 Å². The van der Waals surface area contributed by atoms with Gasteiger partial charge in [0.25, 0.3) is 0 Å². The number of hydrogen-bond acceptors (Lipinski definition) is 3. The van der Waals surface area contributed by atoms with E-state index < -0.39 is 5.97 Å². The molecule has 0 atom stereocenters. The Morgan fingerprint density at radius 1 is 1.35 bits per heavy atom. The van der Waals surface area contributed by atoms with E-state index in [0.29, 0.717) is 10.7 Å². The van der Waals surface area contributed by atoms with Crippen LogP contribution in [-0.2, 0) is 0 Å². The van der Waals surface area contributed by atoms with Crippen molar-refractivity contribution in [3.8, 4) is 0 Å². The topological polar surface area (TPSA) is 43.8 Å². The highest BCUT2D eigenvalue weighted by Crippen LogP contribution is 2.39. The third-order valence-electron chi connectivity index (χ3n) is 4.36. The Hall–Kier alpha value is -1.26. The number of anilines is 1. The first-order chi connectivity index (χ1) is 9.37.